The molecule has 0 aromatic heterocycles. The molecule has 0 heterocycles. The first kappa shape index (κ1) is 12.7. The molecule has 1 aliphatic carbocycles. The summed E-state index contributed by atoms with van der Waals surface area (Å²) in [4.78, 5) is 10.9. The maximum atomic E-state index is 13.6. The Labute approximate surface area is 107 Å². The van der Waals surface area contributed by atoms with E-state index in [2.05, 4.69) is 0 Å². The van der Waals surface area contributed by atoms with Crippen LogP contribution >= 0.6 is 0 Å². The van der Waals surface area contributed by atoms with Gasteiger partial charge in [-0.15, -0.1) is 0 Å². The van der Waals surface area contributed by atoms with Gasteiger partial charge >= 0.3 is 0 Å². The summed E-state index contributed by atoms with van der Waals surface area (Å²) in [7, 11) is 0. The van der Waals surface area contributed by atoms with Gasteiger partial charge in [0.15, 0.2) is 6.29 Å². The van der Waals surface area contributed by atoms with Crippen LogP contribution < -0.4 is 0 Å². The zero-order valence-electron chi connectivity index (χ0n) is 10.8. The van der Waals surface area contributed by atoms with Crippen LogP contribution in [0.15, 0.2) is 35.7 Å². The highest BCUT2D eigenvalue weighted by atomic mass is 19.1. The second-order valence-corrected chi connectivity index (χ2v) is 4.83. The first-order valence-electron chi connectivity index (χ1n) is 6.21. The molecule has 94 valence electrons. The van der Waals surface area contributed by atoms with Crippen molar-refractivity contribution in [3.63, 3.8) is 0 Å². The van der Waals surface area contributed by atoms with Crippen molar-refractivity contribution in [3.05, 3.63) is 57.9 Å². The van der Waals surface area contributed by atoms with Crippen molar-refractivity contribution in [2.24, 2.45) is 0 Å². The number of rotatable bonds is 3. The minimum Gasteiger partial charge on any atom is -0.298 e. The highest BCUT2D eigenvalue weighted by Gasteiger charge is 2.11. The van der Waals surface area contributed by atoms with Crippen molar-refractivity contribution >= 4 is 6.29 Å². The molecule has 1 nitrogen and oxygen atoms in total. The van der Waals surface area contributed by atoms with Crippen molar-refractivity contribution in [3.8, 4) is 0 Å². The summed E-state index contributed by atoms with van der Waals surface area (Å²) in [5.74, 6) is -0.101. The summed E-state index contributed by atoms with van der Waals surface area (Å²) in [6.07, 6.45) is 6.64. The number of hydrogen-bond acceptors (Lipinski definition) is 1. The molecule has 0 spiro atoms. The minimum absolute atomic E-state index is 0.101. The van der Waals surface area contributed by atoms with Gasteiger partial charge in [0.1, 0.15) is 5.83 Å². The molecule has 1 aliphatic rings. The van der Waals surface area contributed by atoms with Crippen molar-refractivity contribution in [1.29, 1.82) is 0 Å². The number of hydrogen-bond donors (Lipinski definition) is 0. The Balaban J connectivity index is 2.30. The summed E-state index contributed by atoms with van der Waals surface area (Å²) < 4.78 is 13.6. The van der Waals surface area contributed by atoms with Crippen molar-refractivity contribution < 1.29 is 9.18 Å². The Kier molecular flexibility index (Phi) is 3.75. The third-order valence-corrected chi connectivity index (χ3v) is 3.40. The smallest absolute Gasteiger partial charge is 0.150 e. The van der Waals surface area contributed by atoms with Gasteiger partial charge in [-0.2, -0.15) is 0 Å². The van der Waals surface area contributed by atoms with E-state index in [-0.39, 0.29) is 5.83 Å². The average Bonchev–Trinajstić information content (AvgIpc) is 2.32. The van der Waals surface area contributed by atoms with Crippen molar-refractivity contribution in [1.82, 2.24) is 0 Å². The van der Waals surface area contributed by atoms with E-state index in [9.17, 15) is 9.18 Å². The van der Waals surface area contributed by atoms with Gasteiger partial charge in [-0.05, 0) is 61.4 Å². The molecular formula is C16H17FO. The third-order valence-electron chi connectivity index (χ3n) is 3.40. The molecule has 1 aromatic carbocycles. The van der Waals surface area contributed by atoms with E-state index in [0.717, 1.165) is 47.0 Å². The Hall–Kier alpha value is -1.70. The third kappa shape index (κ3) is 2.58. The molecule has 0 unspecified atom stereocenters. The number of halogens is 1. The van der Waals surface area contributed by atoms with Gasteiger partial charge in [0.05, 0.1) is 0 Å². The quantitative estimate of drug-likeness (QED) is 0.727. The lowest BCUT2D eigenvalue weighted by molar-refractivity contribution is 0.112. The summed E-state index contributed by atoms with van der Waals surface area (Å²) in [6.45, 7) is 3.84. The molecule has 1 aromatic rings. The maximum Gasteiger partial charge on any atom is 0.150 e. The number of carbonyl (C=O) groups excluding carboxylic acids is 1. The molecular weight excluding hydrogens is 227 g/mol. The first-order valence-corrected chi connectivity index (χ1v) is 6.21. The second kappa shape index (κ2) is 5.30. The predicted molar refractivity (Wildman–Crippen MR) is 71.5 cm³/mol. The van der Waals surface area contributed by atoms with E-state index in [1.54, 1.807) is 6.08 Å². The van der Waals surface area contributed by atoms with Gasteiger partial charge in [0, 0.05) is 5.56 Å². The van der Waals surface area contributed by atoms with Gasteiger partial charge in [-0.3, -0.25) is 4.79 Å². The lowest BCUT2D eigenvalue weighted by atomic mass is 9.93. The molecule has 0 radical (unpaired) electrons. The normalized spacial score (nSPS) is 15.1. The van der Waals surface area contributed by atoms with Crippen LogP contribution in [-0.4, -0.2) is 6.29 Å². The summed E-state index contributed by atoms with van der Waals surface area (Å²) >= 11 is 0. The molecule has 2 rings (SSSR count). The van der Waals surface area contributed by atoms with E-state index in [4.69, 9.17) is 0 Å². The van der Waals surface area contributed by atoms with Crippen LogP contribution in [-0.2, 0) is 6.42 Å². The Morgan fingerprint density at radius 1 is 1.28 bits per heavy atom. The minimum atomic E-state index is -0.101. The van der Waals surface area contributed by atoms with Crippen LogP contribution in [0.4, 0.5) is 4.39 Å². The maximum absolute atomic E-state index is 13.6. The van der Waals surface area contributed by atoms with Gasteiger partial charge in [-0.25, -0.2) is 4.39 Å². The van der Waals surface area contributed by atoms with Crippen LogP contribution in [0.1, 0.15) is 39.9 Å². The molecule has 0 N–H and O–H groups in total. The van der Waals surface area contributed by atoms with Gasteiger partial charge in [0.25, 0.3) is 0 Å². The number of allylic oxidation sites excluding steroid dienone is 4. The molecule has 18 heavy (non-hydrogen) atoms. The molecule has 0 fully saturated rings. The predicted octanol–water partition coefficient (Wildman–Crippen LogP) is 4.23. The highest BCUT2D eigenvalue weighted by molar-refractivity contribution is 5.79. The fraction of sp³-hybridized carbons (Fsp3) is 0.312. The lowest BCUT2D eigenvalue weighted by Crippen LogP contribution is -2.00. The van der Waals surface area contributed by atoms with Gasteiger partial charge in [-0.1, -0.05) is 18.2 Å². The largest absolute Gasteiger partial charge is 0.298 e. The van der Waals surface area contributed by atoms with Crippen molar-refractivity contribution in [2.75, 3.05) is 0 Å². The SMILES string of the molecule is Cc1cc(CC2=C(F)C=CCC2)cc(C)c1C=O. The van der Waals surface area contributed by atoms with Crippen LogP contribution in [0.25, 0.3) is 0 Å². The molecule has 0 atom stereocenters. The average molecular weight is 244 g/mol. The molecule has 0 saturated heterocycles. The van der Waals surface area contributed by atoms with E-state index < -0.39 is 0 Å². The van der Waals surface area contributed by atoms with E-state index >= 15 is 0 Å². The second-order valence-electron chi connectivity index (χ2n) is 4.83. The van der Waals surface area contributed by atoms with Crippen LogP contribution in [0.5, 0.6) is 0 Å². The molecule has 0 bridgehead atoms. The topological polar surface area (TPSA) is 17.1 Å². The van der Waals surface area contributed by atoms with Crippen LogP contribution in [0.2, 0.25) is 0 Å². The molecule has 0 saturated carbocycles. The molecule has 0 amide bonds. The standard InChI is InChI=1S/C16H17FO/c1-11-7-13(8-12(2)15(11)10-18)9-14-5-3-4-6-16(14)17/h4,6-8,10H,3,5,9H2,1-2H3. The summed E-state index contributed by atoms with van der Waals surface area (Å²) in [5, 5.41) is 0. The number of aryl methyl sites for hydroxylation is 2. The zero-order valence-corrected chi connectivity index (χ0v) is 10.8. The van der Waals surface area contributed by atoms with Crippen molar-refractivity contribution in [2.45, 2.75) is 33.1 Å². The van der Waals surface area contributed by atoms with Crippen LogP contribution in [0, 0.1) is 13.8 Å². The van der Waals surface area contributed by atoms with E-state index in [1.165, 1.54) is 0 Å². The molecule has 0 aliphatic heterocycles. The van der Waals surface area contributed by atoms with E-state index in [0.29, 0.717) is 6.42 Å². The van der Waals surface area contributed by atoms with Crippen LogP contribution in [0.3, 0.4) is 0 Å². The fourth-order valence-corrected chi connectivity index (χ4v) is 2.45. The monoisotopic (exact) mass is 244 g/mol. The number of aldehydes is 1. The number of carbonyl (C=O) groups is 1. The zero-order chi connectivity index (χ0) is 13.1. The summed E-state index contributed by atoms with van der Waals surface area (Å²) in [5.41, 5.74) is 4.61. The summed E-state index contributed by atoms with van der Waals surface area (Å²) in [6, 6.07) is 3.96. The Morgan fingerprint density at radius 2 is 1.94 bits per heavy atom. The fourth-order valence-electron chi connectivity index (χ4n) is 2.45. The molecule has 2 heteroatoms. The first-order chi connectivity index (χ1) is 8.61. The van der Waals surface area contributed by atoms with Gasteiger partial charge < -0.3 is 0 Å². The van der Waals surface area contributed by atoms with Gasteiger partial charge in [0.2, 0.25) is 0 Å². The lowest BCUT2D eigenvalue weighted by Gasteiger charge is -2.13. The number of benzene rings is 1. The Bertz CT molecular complexity index is 515. The van der Waals surface area contributed by atoms with E-state index in [1.807, 2.05) is 32.1 Å². The highest BCUT2D eigenvalue weighted by Crippen LogP contribution is 2.25. The Morgan fingerprint density at radius 3 is 2.50 bits per heavy atom.